The molecule has 2 rings (SSSR count). The minimum absolute atomic E-state index is 0.258. The monoisotopic (exact) mass is 275 g/mol. The minimum atomic E-state index is -0.845. The number of hydrogen-bond donors (Lipinski definition) is 2. The summed E-state index contributed by atoms with van der Waals surface area (Å²) in [5.41, 5.74) is 0.0963. The van der Waals surface area contributed by atoms with E-state index in [9.17, 15) is 5.11 Å². The van der Waals surface area contributed by atoms with E-state index in [1.165, 1.54) is 9.75 Å². The van der Waals surface area contributed by atoms with Gasteiger partial charge in [0, 0.05) is 22.3 Å². The maximum atomic E-state index is 10.5. The molecule has 0 radical (unpaired) electrons. The number of hydrogen-bond acceptors (Lipinski definition) is 3. The van der Waals surface area contributed by atoms with Crippen molar-refractivity contribution in [3.8, 4) is 0 Å². The van der Waals surface area contributed by atoms with Gasteiger partial charge in [-0.25, -0.2) is 0 Å². The molecule has 3 heteroatoms. The van der Waals surface area contributed by atoms with E-state index in [4.69, 9.17) is 0 Å². The van der Waals surface area contributed by atoms with Gasteiger partial charge in [0.15, 0.2) is 0 Å². The molecule has 0 spiro atoms. The molecule has 2 N–H and O–H groups in total. The Hall–Kier alpha value is -1.16. The number of benzene rings is 1. The molecule has 2 nitrogen and oxygen atoms in total. The second-order valence-corrected chi connectivity index (χ2v) is 6.51. The number of thiophene rings is 1. The molecule has 2 unspecified atom stereocenters. The molecule has 0 amide bonds. The number of nitrogens with one attached hydrogen (secondary N) is 1. The minimum Gasteiger partial charge on any atom is -0.384 e. The lowest BCUT2D eigenvalue weighted by Gasteiger charge is -2.26. The summed E-state index contributed by atoms with van der Waals surface area (Å²) in [5, 5.41) is 13.9. The first-order chi connectivity index (χ1) is 8.99. The summed E-state index contributed by atoms with van der Waals surface area (Å²) in [7, 11) is 0. The Labute approximate surface area is 119 Å². The average molecular weight is 275 g/mol. The van der Waals surface area contributed by atoms with Crippen LogP contribution in [0.1, 0.15) is 35.2 Å². The zero-order valence-electron chi connectivity index (χ0n) is 11.7. The molecule has 1 aromatic heterocycles. The maximum absolute atomic E-state index is 10.5. The summed E-state index contributed by atoms with van der Waals surface area (Å²) < 4.78 is 0. The average Bonchev–Trinajstić information content (AvgIpc) is 2.84. The van der Waals surface area contributed by atoms with E-state index in [1.807, 2.05) is 37.3 Å². The van der Waals surface area contributed by atoms with Crippen molar-refractivity contribution in [1.29, 1.82) is 0 Å². The highest BCUT2D eigenvalue weighted by Gasteiger charge is 2.23. The van der Waals surface area contributed by atoms with Crippen LogP contribution < -0.4 is 5.32 Å². The topological polar surface area (TPSA) is 32.3 Å². The van der Waals surface area contributed by atoms with Crippen LogP contribution in [-0.4, -0.2) is 11.7 Å². The fraction of sp³-hybridized carbons (Fsp3) is 0.375. The van der Waals surface area contributed by atoms with Crippen LogP contribution in [0.3, 0.4) is 0 Å². The Morgan fingerprint density at radius 3 is 2.47 bits per heavy atom. The summed E-state index contributed by atoms with van der Waals surface area (Å²) in [6.45, 7) is 6.63. The summed E-state index contributed by atoms with van der Waals surface area (Å²) in [5.74, 6) is 0. The first-order valence-corrected chi connectivity index (χ1v) is 7.38. The fourth-order valence-electron chi connectivity index (χ4n) is 2.04. The summed E-state index contributed by atoms with van der Waals surface area (Å²) >= 11 is 1.80. The normalized spacial score (nSPS) is 16.0. The zero-order chi connectivity index (χ0) is 13.9. The highest BCUT2D eigenvalue weighted by atomic mass is 32.1. The molecular formula is C16H21NOS. The van der Waals surface area contributed by atoms with Gasteiger partial charge in [-0.3, -0.25) is 0 Å². The Kier molecular flexibility index (Phi) is 4.40. The molecule has 2 atom stereocenters. The first-order valence-electron chi connectivity index (χ1n) is 6.57. The molecule has 2 aromatic rings. The third-order valence-electron chi connectivity index (χ3n) is 3.34. The molecule has 0 saturated carbocycles. The van der Waals surface area contributed by atoms with Gasteiger partial charge in [-0.2, -0.15) is 0 Å². The molecule has 0 bridgehead atoms. The van der Waals surface area contributed by atoms with Crippen LogP contribution >= 0.6 is 11.3 Å². The highest BCUT2D eigenvalue weighted by Crippen LogP contribution is 2.24. The van der Waals surface area contributed by atoms with Crippen LogP contribution in [-0.2, 0) is 5.60 Å². The Balaban J connectivity index is 1.98. The van der Waals surface area contributed by atoms with E-state index in [0.717, 1.165) is 5.56 Å². The fourth-order valence-corrected chi connectivity index (χ4v) is 2.94. The Bertz CT molecular complexity index is 519. The molecule has 1 aromatic carbocycles. The first kappa shape index (κ1) is 14.3. The van der Waals surface area contributed by atoms with Gasteiger partial charge in [0.2, 0.25) is 0 Å². The second-order valence-electron chi connectivity index (χ2n) is 5.19. The van der Waals surface area contributed by atoms with Gasteiger partial charge < -0.3 is 10.4 Å². The van der Waals surface area contributed by atoms with Crippen molar-refractivity contribution in [2.45, 2.75) is 32.4 Å². The molecule has 0 fully saturated rings. The van der Waals surface area contributed by atoms with Gasteiger partial charge in [0.25, 0.3) is 0 Å². The molecule has 0 aliphatic carbocycles. The van der Waals surface area contributed by atoms with E-state index >= 15 is 0 Å². The quantitative estimate of drug-likeness (QED) is 0.873. The van der Waals surface area contributed by atoms with Crippen molar-refractivity contribution in [2.24, 2.45) is 0 Å². The standard InChI is InChI=1S/C16H21NOS/c1-12-9-10-15(19-12)13(2)17-11-16(3,18)14-7-5-4-6-8-14/h4-10,13,17-18H,11H2,1-3H3. The predicted octanol–water partition coefficient (Wildman–Crippen LogP) is 3.61. The van der Waals surface area contributed by atoms with Crippen LogP contribution in [0.15, 0.2) is 42.5 Å². The number of rotatable bonds is 5. The van der Waals surface area contributed by atoms with Crippen molar-refractivity contribution in [1.82, 2.24) is 5.32 Å². The lowest BCUT2D eigenvalue weighted by molar-refractivity contribution is 0.0545. The largest absolute Gasteiger partial charge is 0.384 e. The van der Waals surface area contributed by atoms with Crippen molar-refractivity contribution < 1.29 is 5.11 Å². The van der Waals surface area contributed by atoms with Gasteiger partial charge in [-0.15, -0.1) is 11.3 Å². The van der Waals surface area contributed by atoms with Crippen LogP contribution in [0, 0.1) is 6.92 Å². The maximum Gasteiger partial charge on any atom is 0.0992 e. The smallest absolute Gasteiger partial charge is 0.0992 e. The third-order valence-corrected chi connectivity index (χ3v) is 4.52. The van der Waals surface area contributed by atoms with Crippen molar-refractivity contribution in [3.63, 3.8) is 0 Å². The van der Waals surface area contributed by atoms with Gasteiger partial charge >= 0.3 is 0 Å². The number of aliphatic hydroxyl groups is 1. The van der Waals surface area contributed by atoms with Gasteiger partial charge in [-0.1, -0.05) is 30.3 Å². The lowest BCUT2D eigenvalue weighted by Crippen LogP contribution is -2.36. The summed E-state index contributed by atoms with van der Waals surface area (Å²) in [6, 6.07) is 14.3. The highest BCUT2D eigenvalue weighted by molar-refractivity contribution is 7.12. The second kappa shape index (κ2) is 5.87. The van der Waals surface area contributed by atoms with E-state index in [2.05, 4.69) is 31.3 Å². The summed E-state index contributed by atoms with van der Waals surface area (Å²) in [6.07, 6.45) is 0. The van der Waals surface area contributed by atoms with Crippen molar-refractivity contribution >= 4 is 11.3 Å². The third kappa shape index (κ3) is 3.66. The van der Waals surface area contributed by atoms with Gasteiger partial charge in [0.05, 0.1) is 5.60 Å². The van der Waals surface area contributed by atoms with E-state index in [0.29, 0.717) is 6.54 Å². The van der Waals surface area contributed by atoms with Crippen LogP contribution in [0.25, 0.3) is 0 Å². The molecular weight excluding hydrogens is 254 g/mol. The predicted molar refractivity (Wildman–Crippen MR) is 81.5 cm³/mol. The van der Waals surface area contributed by atoms with E-state index in [1.54, 1.807) is 11.3 Å². The SMILES string of the molecule is Cc1ccc(C(C)NCC(C)(O)c2ccccc2)s1. The van der Waals surface area contributed by atoms with Gasteiger partial charge in [-0.05, 0) is 38.5 Å². The Morgan fingerprint density at radius 2 is 1.89 bits per heavy atom. The summed E-state index contributed by atoms with van der Waals surface area (Å²) in [4.78, 5) is 2.62. The molecule has 19 heavy (non-hydrogen) atoms. The van der Waals surface area contributed by atoms with Crippen LogP contribution in [0.5, 0.6) is 0 Å². The zero-order valence-corrected chi connectivity index (χ0v) is 12.5. The van der Waals surface area contributed by atoms with Crippen molar-refractivity contribution in [3.05, 3.63) is 57.8 Å². The Morgan fingerprint density at radius 1 is 1.21 bits per heavy atom. The molecule has 0 aliphatic rings. The van der Waals surface area contributed by atoms with E-state index in [-0.39, 0.29) is 6.04 Å². The molecule has 0 aliphatic heterocycles. The molecule has 1 heterocycles. The van der Waals surface area contributed by atoms with E-state index < -0.39 is 5.60 Å². The van der Waals surface area contributed by atoms with Crippen LogP contribution in [0.4, 0.5) is 0 Å². The van der Waals surface area contributed by atoms with Gasteiger partial charge in [0.1, 0.15) is 0 Å². The molecule has 0 saturated heterocycles. The van der Waals surface area contributed by atoms with Crippen LogP contribution in [0.2, 0.25) is 0 Å². The lowest BCUT2D eigenvalue weighted by atomic mass is 9.96. The number of aryl methyl sites for hydroxylation is 1. The molecule has 102 valence electrons. The van der Waals surface area contributed by atoms with Crippen molar-refractivity contribution in [2.75, 3.05) is 6.54 Å².